The summed E-state index contributed by atoms with van der Waals surface area (Å²) in [4.78, 5) is 15.0. The Labute approximate surface area is 153 Å². The van der Waals surface area contributed by atoms with Gasteiger partial charge in [-0.05, 0) is 48.4 Å². The third-order valence-corrected chi connectivity index (χ3v) is 4.39. The number of carbonyl (C=O) groups is 1. The molecule has 4 heteroatoms. The first kappa shape index (κ1) is 17.9. The number of pyridine rings is 1. The van der Waals surface area contributed by atoms with Gasteiger partial charge >= 0.3 is 5.97 Å². The summed E-state index contributed by atoms with van der Waals surface area (Å²) in [6, 6.07) is 18.3. The number of unbranched alkanes of at least 4 members (excludes halogenated alkanes) is 2. The van der Waals surface area contributed by atoms with Crippen LogP contribution in [0.5, 0.6) is 5.75 Å². The third kappa shape index (κ3) is 5.06. The highest BCUT2D eigenvalue weighted by molar-refractivity contribution is 5.84. The minimum Gasteiger partial charge on any atom is -0.487 e. The molecule has 0 aliphatic rings. The second kappa shape index (κ2) is 8.99. The number of nitrogens with zero attached hydrogens (tertiary/aromatic N) is 1. The molecule has 0 aliphatic heterocycles. The maximum Gasteiger partial charge on any atom is 0.303 e. The van der Waals surface area contributed by atoms with Crippen LogP contribution in [0.1, 0.15) is 36.9 Å². The van der Waals surface area contributed by atoms with Crippen molar-refractivity contribution in [3.63, 3.8) is 0 Å². The Morgan fingerprint density at radius 1 is 1.00 bits per heavy atom. The molecule has 1 heterocycles. The lowest BCUT2D eigenvalue weighted by Gasteiger charge is -2.09. The van der Waals surface area contributed by atoms with Crippen molar-refractivity contribution < 1.29 is 14.6 Å². The van der Waals surface area contributed by atoms with E-state index in [4.69, 9.17) is 9.84 Å². The van der Waals surface area contributed by atoms with Crippen molar-refractivity contribution in [2.75, 3.05) is 0 Å². The van der Waals surface area contributed by atoms with Crippen LogP contribution < -0.4 is 4.74 Å². The highest BCUT2D eigenvalue weighted by Crippen LogP contribution is 2.20. The van der Waals surface area contributed by atoms with Crippen molar-refractivity contribution in [1.82, 2.24) is 4.98 Å². The van der Waals surface area contributed by atoms with Crippen LogP contribution in [-0.2, 0) is 17.8 Å². The van der Waals surface area contributed by atoms with E-state index < -0.39 is 5.97 Å². The van der Waals surface area contributed by atoms with Crippen LogP contribution in [0, 0.1) is 0 Å². The predicted octanol–water partition coefficient (Wildman–Crippen LogP) is 5.00. The lowest BCUT2D eigenvalue weighted by Crippen LogP contribution is -1.99. The van der Waals surface area contributed by atoms with E-state index in [2.05, 4.69) is 29.2 Å². The van der Waals surface area contributed by atoms with E-state index in [9.17, 15) is 4.79 Å². The summed E-state index contributed by atoms with van der Waals surface area (Å²) in [5.41, 5.74) is 2.14. The summed E-state index contributed by atoms with van der Waals surface area (Å²) in [5.74, 6) is 0.116. The number of hydrogen-bond donors (Lipinski definition) is 1. The number of aliphatic carboxylic acids is 1. The maximum absolute atomic E-state index is 10.5. The van der Waals surface area contributed by atoms with Gasteiger partial charge in [0.25, 0.3) is 0 Å². The molecule has 134 valence electrons. The topological polar surface area (TPSA) is 59.4 Å². The monoisotopic (exact) mass is 349 g/mol. The molecule has 3 rings (SSSR count). The van der Waals surface area contributed by atoms with Gasteiger partial charge in [0.15, 0.2) is 0 Å². The molecule has 0 saturated carbocycles. The van der Waals surface area contributed by atoms with E-state index in [1.807, 2.05) is 36.5 Å². The predicted molar refractivity (Wildman–Crippen MR) is 102 cm³/mol. The molecular formula is C22H23NO3. The first-order valence-electron chi connectivity index (χ1n) is 8.98. The molecule has 0 aliphatic carbocycles. The summed E-state index contributed by atoms with van der Waals surface area (Å²) in [7, 11) is 0. The number of carboxylic acids is 1. The average molecular weight is 349 g/mol. The fraction of sp³-hybridized carbons (Fsp3) is 0.273. The third-order valence-electron chi connectivity index (χ3n) is 4.39. The van der Waals surface area contributed by atoms with Crippen LogP contribution in [0.4, 0.5) is 0 Å². The van der Waals surface area contributed by atoms with Gasteiger partial charge in [0, 0.05) is 18.0 Å². The van der Waals surface area contributed by atoms with Crippen LogP contribution in [0.3, 0.4) is 0 Å². The molecule has 2 aromatic carbocycles. The minimum atomic E-state index is -0.720. The summed E-state index contributed by atoms with van der Waals surface area (Å²) >= 11 is 0. The number of benzene rings is 2. The van der Waals surface area contributed by atoms with E-state index in [0.29, 0.717) is 6.61 Å². The molecule has 0 saturated heterocycles. The van der Waals surface area contributed by atoms with Crippen LogP contribution in [0.15, 0.2) is 60.8 Å². The van der Waals surface area contributed by atoms with Gasteiger partial charge in [-0.2, -0.15) is 0 Å². The van der Waals surface area contributed by atoms with Crippen LogP contribution >= 0.6 is 0 Å². The molecule has 0 spiro atoms. The number of rotatable bonds is 9. The van der Waals surface area contributed by atoms with Gasteiger partial charge in [-0.25, -0.2) is 0 Å². The van der Waals surface area contributed by atoms with E-state index >= 15 is 0 Å². The van der Waals surface area contributed by atoms with E-state index in [-0.39, 0.29) is 6.42 Å². The lowest BCUT2D eigenvalue weighted by atomic mass is 10.1. The molecule has 0 bridgehead atoms. The van der Waals surface area contributed by atoms with Crippen molar-refractivity contribution in [3.8, 4) is 5.75 Å². The zero-order chi connectivity index (χ0) is 18.2. The number of ether oxygens (including phenoxy) is 1. The Kier molecular flexibility index (Phi) is 6.20. The van der Waals surface area contributed by atoms with Gasteiger partial charge in [-0.15, -0.1) is 0 Å². The Morgan fingerprint density at radius 3 is 2.77 bits per heavy atom. The van der Waals surface area contributed by atoms with Crippen molar-refractivity contribution >= 4 is 16.7 Å². The molecule has 4 nitrogen and oxygen atoms in total. The number of fused-ring (bicyclic) bond motifs is 1. The number of aryl methyl sites for hydroxylation is 1. The summed E-state index contributed by atoms with van der Waals surface area (Å²) in [6.45, 7) is 0.434. The first-order chi connectivity index (χ1) is 12.7. The second-order valence-electron chi connectivity index (χ2n) is 6.37. The Bertz CT molecular complexity index is 871. The fourth-order valence-electron chi connectivity index (χ4n) is 3.02. The molecule has 1 N–H and O–H groups in total. The molecule has 3 aromatic rings. The van der Waals surface area contributed by atoms with Crippen molar-refractivity contribution in [2.45, 2.75) is 38.7 Å². The summed E-state index contributed by atoms with van der Waals surface area (Å²) in [6.07, 6.45) is 5.65. The van der Waals surface area contributed by atoms with Gasteiger partial charge < -0.3 is 9.84 Å². The molecule has 0 atom stereocenters. The van der Waals surface area contributed by atoms with Crippen molar-refractivity contribution in [2.24, 2.45) is 0 Å². The largest absolute Gasteiger partial charge is 0.487 e. The van der Waals surface area contributed by atoms with E-state index in [0.717, 1.165) is 47.9 Å². The van der Waals surface area contributed by atoms with Gasteiger partial charge in [0.1, 0.15) is 12.4 Å². The quantitative estimate of drug-likeness (QED) is 0.552. The van der Waals surface area contributed by atoms with E-state index in [1.165, 1.54) is 5.56 Å². The first-order valence-corrected chi connectivity index (χ1v) is 8.98. The Balaban J connectivity index is 1.56. The lowest BCUT2D eigenvalue weighted by molar-refractivity contribution is -0.137. The molecule has 0 fully saturated rings. The Morgan fingerprint density at radius 2 is 1.88 bits per heavy atom. The average Bonchev–Trinajstić information content (AvgIpc) is 2.66. The highest BCUT2D eigenvalue weighted by Gasteiger charge is 2.04. The highest BCUT2D eigenvalue weighted by atomic mass is 16.5. The molecule has 1 aromatic heterocycles. The smallest absolute Gasteiger partial charge is 0.303 e. The summed E-state index contributed by atoms with van der Waals surface area (Å²) in [5, 5.41) is 10.9. The van der Waals surface area contributed by atoms with Crippen LogP contribution in [-0.4, -0.2) is 16.1 Å². The van der Waals surface area contributed by atoms with Crippen molar-refractivity contribution in [1.29, 1.82) is 0 Å². The maximum atomic E-state index is 10.5. The minimum absolute atomic E-state index is 0.251. The van der Waals surface area contributed by atoms with Crippen LogP contribution in [0.2, 0.25) is 0 Å². The second-order valence-corrected chi connectivity index (χ2v) is 6.37. The Hall–Kier alpha value is -2.88. The van der Waals surface area contributed by atoms with E-state index in [1.54, 1.807) is 0 Å². The zero-order valence-electron chi connectivity index (χ0n) is 14.7. The van der Waals surface area contributed by atoms with Gasteiger partial charge in [-0.3, -0.25) is 9.78 Å². The SMILES string of the molecule is O=C(O)CCCCCc1cccc(OCc2nccc3ccccc23)c1. The summed E-state index contributed by atoms with van der Waals surface area (Å²) < 4.78 is 5.96. The van der Waals surface area contributed by atoms with Crippen molar-refractivity contribution in [3.05, 3.63) is 72.1 Å². The molecule has 0 amide bonds. The zero-order valence-corrected chi connectivity index (χ0v) is 14.7. The van der Waals surface area contributed by atoms with Crippen LogP contribution in [0.25, 0.3) is 10.8 Å². The normalized spacial score (nSPS) is 10.8. The number of aromatic nitrogens is 1. The number of hydrogen-bond acceptors (Lipinski definition) is 3. The molecule has 0 unspecified atom stereocenters. The molecular weight excluding hydrogens is 326 g/mol. The molecule has 26 heavy (non-hydrogen) atoms. The molecule has 0 radical (unpaired) electrons. The van der Waals surface area contributed by atoms with Gasteiger partial charge in [-0.1, -0.05) is 42.8 Å². The standard InChI is InChI=1S/C22H23NO3/c24-22(25)12-3-1-2-7-17-8-6-10-19(15-17)26-16-21-20-11-5-4-9-18(20)13-14-23-21/h4-6,8-11,13-15H,1-3,7,12,16H2,(H,24,25). The number of carboxylic acid groups (broad SMARTS) is 1. The van der Waals surface area contributed by atoms with Gasteiger partial charge in [0.2, 0.25) is 0 Å². The van der Waals surface area contributed by atoms with Gasteiger partial charge in [0.05, 0.1) is 5.69 Å². The fourth-order valence-corrected chi connectivity index (χ4v) is 3.02.